The summed E-state index contributed by atoms with van der Waals surface area (Å²) in [5.41, 5.74) is 0.673. The Balaban J connectivity index is 0.000000980. The molecule has 66 valence electrons. The van der Waals surface area contributed by atoms with Gasteiger partial charge in [0.1, 0.15) is 6.09 Å². The molecule has 3 nitrogen and oxygen atoms in total. The first-order valence-electron chi connectivity index (χ1n) is 3.67. The van der Waals surface area contributed by atoms with Crippen LogP contribution in [0.3, 0.4) is 0 Å². The molecular weight excluding hydrogens is 288 g/mol. The van der Waals surface area contributed by atoms with Crippen LogP contribution in [0.2, 0.25) is 0 Å². The molecule has 0 unspecified atom stereocenters. The first kappa shape index (κ1) is 11.6. The molecule has 0 atom stereocenters. The van der Waals surface area contributed by atoms with Crippen molar-refractivity contribution in [2.75, 3.05) is 0 Å². The third-order valence-corrected chi connectivity index (χ3v) is 2.64. The zero-order chi connectivity index (χ0) is 9.42. The summed E-state index contributed by atoms with van der Waals surface area (Å²) in [4.78, 5) is 10.7. The second-order valence-corrected chi connectivity index (χ2v) is 3.73. The van der Waals surface area contributed by atoms with Crippen LogP contribution in [0.15, 0.2) is 30.3 Å². The number of fused-ring (bicyclic) bond motifs is 1. The van der Waals surface area contributed by atoms with Crippen molar-refractivity contribution in [2.24, 2.45) is 0 Å². The van der Waals surface area contributed by atoms with Gasteiger partial charge in [-0.25, -0.2) is 0 Å². The van der Waals surface area contributed by atoms with Crippen LogP contribution >= 0.6 is 22.6 Å². The molecule has 1 aromatic heterocycles. The summed E-state index contributed by atoms with van der Waals surface area (Å²) in [7, 11) is 0. The van der Waals surface area contributed by atoms with Crippen LogP contribution < -0.4 is 24.0 Å². The van der Waals surface area contributed by atoms with E-state index in [4.69, 9.17) is 0 Å². The average molecular weight is 293 g/mol. The predicted molar refractivity (Wildman–Crippen MR) is 55.4 cm³/mol. The summed E-state index contributed by atoms with van der Waals surface area (Å²) in [5, 5.41) is 11.7. The van der Waals surface area contributed by atoms with E-state index >= 15 is 0 Å². The number of aromatic nitrogens is 1. The van der Waals surface area contributed by atoms with Gasteiger partial charge in [-0.1, -0.05) is 18.2 Å². The Kier molecular flexibility index (Phi) is 3.64. The molecule has 2 rings (SSSR count). The van der Waals surface area contributed by atoms with Crippen molar-refractivity contribution in [3.63, 3.8) is 0 Å². The SMILES string of the molecule is O=C([O-])n1c(I)cc2ccccc21.[Li+]. The molecular formula is C9H5ILiNO2. The minimum absolute atomic E-state index is 0. The van der Waals surface area contributed by atoms with Crippen molar-refractivity contribution in [3.8, 4) is 0 Å². The molecule has 0 N–H and O–H groups in total. The van der Waals surface area contributed by atoms with Crippen LogP contribution in [0.5, 0.6) is 0 Å². The second kappa shape index (κ2) is 4.39. The molecule has 0 aliphatic rings. The fourth-order valence-electron chi connectivity index (χ4n) is 1.31. The molecule has 0 fully saturated rings. The third-order valence-electron chi connectivity index (χ3n) is 1.85. The van der Waals surface area contributed by atoms with Crippen LogP contribution in [0, 0.1) is 3.70 Å². The van der Waals surface area contributed by atoms with Crippen LogP contribution in [0.1, 0.15) is 0 Å². The van der Waals surface area contributed by atoms with Gasteiger partial charge < -0.3 is 9.90 Å². The van der Waals surface area contributed by atoms with Crippen LogP contribution in [-0.4, -0.2) is 10.7 Å². The minimum Gasteiger partial charge on any atom is -0.529 e. The summed E-state index contributed by atoms with van der Waals surface area (Å²) < 4.78 is 1.81. The van der Waals surface area contributed by atoms with Crippen molar-refractivity contribution < 1.29 is 28.8 Å². The predicted octanol–water partition coefficient (Wildman–Crippen LogP) is -1.56. The number of hydrogen-bond acceptors (Lipinski definition) is 2. The number of benzene rings is 1. The molecule has 5 heteroatoms. The van der Waals surface area contributed by atoms with Crippen molar-refractivity contribution in [1.82, 2.24) is 4.57 Å². The van der Waals surface area contributed by atoms with Gasteiger partial charge in [0, 0.05) is 5.39 Å². The van der Waals surface area contributed by atoms with E-state index in [0.717, 1.165) is 9.95 Å². The maximum Gasteiger partial charge on any atom is 1.00 e. The Bertz CT molecular complexity index is 481. The fraction of sp³-hybridized carbons (Fsp3) is 0. The molecule has 0 aliphatic heterocycles. The van der Waals surface area contributed by atoms with E-state index in [1.165, 1.54) is 0 Å². The first-order valence-corrected chi connectivity index (χ1v) is 4.75. The molecule has 0 radical (unpaired) electrons. The van der Waals surface area contributed by atoms with Gasteiger partial charge >= 0.3 is 18.9 Å². The van der Waals surface area contributed by atoms with Crippen molar-refractivity contribution in [2.45, 2.75) is 0 Å². The molecule has 0 bridgehead atoms. The number of carbonyl (C=O) groups excluding carboxylic acids is 1. The van der Waals surface area contributed by atoms with Gasteiger partial charge in [0.15, 0.2) is 0 Å². The van der Waals surface area contributed by atoms with E-state index in [1.807, 2.05) is 40.8 Å². The van der Waals surface area contributed by atoms with Crippen molar-refractivity contribution >= 4 is 39.6 Å². The van der Waals surface area contributed by atoms with Gasteiger partial charge in [-0.2, -0.15) is 0 Å². The molecule has 1 aromatic carbocycles. The number of para-hydroxylation sites is 1. The molecule has 0 amide bonds. The number of carbonyl (C=O) groups is 1. The quantitative estimate of drug-likeness (QED) is 0.436. The third kappa shape index (κ3) is 1.83. The Morgan fingerprint density at radius 2 is 2.00 bits per heavy atom. The Hall–Kier alpha value is -0.443. The molecule has 0 aliphatic carbocycles. The molecule has 0 saturated heterocycles. The van der Waals surface area contributed by atoms with E-state index in [2.05, 4.69) is 0 Å². The Morgan fingerprint density at radius 1 is 1.36 bits per heavy atom. The van der Waals surface area contributed by atoms with E-state index < -0.39 is 6.09 Å². The zero-order valence-corrected chi connectivity index (χ0v) is 9.69. The topological polar surface area (TPSA) is 45.1 Å². The summed E-state index contributed by atoms with van der Waals surface area (Å²) in [6.45, 7) is 0. The smallest absolute Gasteiger partial charge is 0.529 e. The summed E-state index contributed by atoms with van der Waals surface area (Å²) in [5.74, 6) is 0. The first-order chi connectivity index (χ1) is 6.20. The monoisotopic (exact) mass is 293 g/mol. The number of nitrogens with zero attached hydrogens (tertiary/aromatic N) is 1. The van der Waals surface area contributed by atoms with Gasteiger partial charge in [0.05, 0.1) is 9.22 Å². The Labute approximate surface area is 106 Å². The fourth-order valence-corrected chi connectivity index (χ4v) is 2.10. The second-order valence-electron chi connectivity index (χ2n) is 2.63. The molecule has 2 aromatic rings. The number of rotatable bonds is 0. The zero-order valence-electron chi connectivity index (χ0n) is 7.53. The minimum atomic E-state index is -1.19. The van der Waals surface area contributed by atoms with Gasteiger partial charge in [-0.3, -0.25) is 4.57 Å². The number of halogens is 1. The van der Waals surface area contributed by atoms with Gasteiger partial charge in [-0.05, 0) is 34.7 Å². The van der Waals surface area contributed by atoms with Gasteiger partial charge in [0.2, 0.25) is 0 Å². The van der Waals surface area contributed by atoms with Gasteiger partial charge in [0.25, 0.3) is 0 Å². The van der Waals surface area contributed by atoms with Crippen molar-refractivity contribution in [1.29, 1.82) is 0 Å². The van der Waals surface area contributed by atoms with E-state index in [9.17, 15) is 9.90 Å². The van der Waals surface area contributed by atoms with E-state index in [-0.39, 0.29) is 18.9 Å². The van der Waals surface area contributed by atoms with Crippen molar-refractivity contribution in [3.05, 3.63) is 34.0 Å². The molecule has 0 saturated carbocycles. The summed E-state index contributed by atoms with van der Waals surface area (Å²) in [6.07, 6.45) is -1.19. The van der Waals surface area contributed by atoms with E-state index in [0.29, 0.717) is 9.22 Å². The Morgan fingerprint density at radius 3 is 2.64 bits per heavy atom. The van der Waals surface area contributed by atoms with Gasteiger partial charge in [-0.15, -0.1) is 0 Å². The number of hydrogen-bond donors (Lipinski definition) is 0. The van der Waals surface area contributed by atoms with E-state index in [1.54, 1.807) is 12.1 Å². The standard InChI is InChI=1S/C9H6INO2.Li/c10-8-5-6-3-1-2-4-7(6)11(8)9(12)13;/h1-5H,(H,12,13);/q;+1/p-1. The van der Waals surface area contributed by atoms with Crippen LogP contribution in [-0.2, 0) is 0 Å². The molecule has 14 heavy (non-hydrogen) atoms. The molecule has 0 spiro atoms. The van der Waals surface area contributed by atoms with Crippen LogP contribution in [0.25, 0.3) is 10.9 Å². The number of carboxylic acid groups (broad SMARTS) is 1. The average Bonchev–Trinajstić information content (AvgIpc) is 2.39. The largest absolute Gasteiger partial charge is 1.00 e. The summed E-state index contributed by atoms with van der Waals surface area (Å²) in [6, 6.07) is 9.12. The summed E-state index contributed by atoms with van der Waals surface area (Å²) >= 11 is 1.97. The van der Waals surface area contributed by atoms with Crippen LogP contribution in [0.4, 0.5) is 4.79 Å². The maximum absolute atomic E-state index is 10.7. The normalized spacial score (nSPS) is 9.79. The maximum atomic E-state index is 10.7. The molecule has 1 heterocycles.